The number of aromatic nitrogens is 1. The quantitative estimate of drug-likeness (QED) is 0.903. The molecule has 3 nitrogen and oxygen atoms in total. The van der Waals surface area contributed by atoms with Gasteiger partial charge >= 0.3 is 6.18 Å². The van der Waals surface area contributed by atoms with Crippen LogP contribution in [-0.2, 0) is 0 Å². The first-order valence-electron chi connectivity index (χ1n) is 5.92. The van der Waals surface area contributed by atoms with E-state index in [1.165, 1.54) is 4.90 Å². The molecule has 1 aliphatic rings. The van der Waals surface area contributed by atoms with Crippen molar-refractivity contribution in [2.75, 3.05) is 11.4 Å². The minimum atomic E-state index is -4.20. The van der Waals surface area contributed by atoms with Crippen molar-refractivity contribution >= 4 is 5.82 Å². The molecule has 0 amide bonds. The topological polar surface area (TPSA) is 42.1 Å². The van der Waals surface area contributed by atoms with E-state index in [0.29, 0.717) is 5.82 Å². The van der Waals surface area contributed by atoms with Gasteiger partial charge in [-0.1, -0.05) is 6.07 Å². The van der Waals surface area contributed by atoms with Gasteiger partial charge in [0.05, 0.1) is 0 Å². The van der Waals surface area contributed by atoms with Crippen molar-refractivity contribution in [2.24, 2.45) is 5.73 Å². The van der Waals surface area contributed by atoms with Crippen molar-refractivity contribution < 1.29 is 13.2 Å². The second-order valence-corrected chi connectivity index (χ2v) is 4.71. The molecule has 1 aliphatic carbocycles. The number of hydrogen-bond donors (Lipinski definition) is 1. The fourth-order valence-corrected chi connectivity index (χ4v) is 1.81. The van der Waals surface area contributed by atoms with Crippen LogP contribution < -0.4 is 10.6 Å². The van der Waals surface area contributed by atoms with E-state index >= 15 is 0 Å². The molecular weight excluding hydrogens is 243 g/mol. The van der Waals surface area contributed by atoms with Gasteiger partial charge in [0, 0.05) is 18.3 Å². The van der Waals surface area contributed by atoms with Crippen LogP contribution in [0.1, 0.15) is 31.4 Å². The van der Waals surface area contributed by atoms with E-state index in [1.54, 1.807) is 18.3 Å². The third-order valence-electron chi connectivity index (χ3n) is 2.93. The van der Waals surface area contributed by atoms with E-state index in [4.69, 9.17) is 5.73 Å². The Hall–Kier alpha value is -1.30. The zero-order chi connectivity index (χ0) is 13.3. The minimum Gasteiger partial charge on any atom is -0.345 e. The Kier molecular flexibility index (Phi) is 3.47. The maximum absolute atomic E-state index is 12.5. The predicted molar refractivity (Wildman–Crippen MR) is 63.3 cm³/mol. The van der Waals surface area contributed by atoms with Crippen molar-refractivity contribution in [3.63, 3.8) is 0 Å². The molecule has 1 heterocycles. The van der Waals surface area contributed by atoms with Gasteiger partial charge in [-0.2, -0.15) is 13.2 Å². The molecule has 2 N–H and O–H groups in total. The molecule has 1 aromatic heterocycles. The summed E-state index contributed by atoms with van der Waals surface area (Å²) < 4.78 is 37.5. The van der Waals surface area contributed by atoms with Crippen molar-refractivity contribution in [1.29, 1.82) is 0 Å². The Morgan fingerprint density at radius 1 is 1.44 bits per heavy atom. The van der Waals surface area contributed by atoms with Crippen LogP contribution in [0.25, 0.3) is 0 Å². The van der Waals surface area contributed by atoms with Gasteiger partial charge < -0.3 is 10.6 Å². The van der Waals surface area contributed by atoms with E-state index in [9.17, 15) is 13.2 Å². The zero-order valence-corrected chi connectivity index (χ0v) is 10.1. The zero-order valence-electron chi connectivity index (χ0n) is 10.1. The highest BCUT2D eigenvalue weighted by Crippen LogP contribution is 2.33. The fourth-order valence-electron chi connectivity index (χ4n) is 1.81. The SMILES string of the molecule is CC(N)c1ccc(N(CC(F)(F)F)C2CC2)nc1. The van der Waals surface area contributed by atoms with Crippen LogP contribution >= 0.6 is 0 Å². The molecule has 0 aliphatic heterocycles. The highest BCUT2D eigenvalue weighted by atomic mass is 19.4. The first kappa shape index (κ1) is 13.1. The predicted octanol–water partition coefficient (Wildman–Crippen LogP) is 2.63. The molecule has 0 aromatic carbocycles. The molecule has 2 rings (SSSR count). The van der Waals surface area contributed by atoms with E-state index in [0.717, 1.165) is 18.4 Å². The average Bonchev–Trinajstić information content (AvgIpc) is 3.08. The van der Waals surface area contributed by atoms with Gasteiger partial charge in [-0.25, -0.2) is 4.98 Å². The summed E-state index contributed by atoms with van der Waals surface area (Å²) in [5.41, 5.74) is 6.50. The fraction of sp³-hybridized carbons (Fsp3) is 0.583. The normalized spacial score (nSPS) is 17.6. The third-order valence-corrected chi connectivity index (χ3v) is 2.93. The Balaban J connectivity index is 2.15. The van der Waals surface area contributed by atoms with E-state index in [1.807, 2.05) is 6.92 Å². The number of halogens is 3. The molecule has 18 heavy (non-hydrogen) atoms. The van der Waals surface area contributed by atoms with E-state index in [-0.39, 0.29) is 12.1 Å². The first-order chi connectivity index (χ1) is 8.37. The van der Waals surface area contributed by atoms with E-state index in [2.05, 4.69) is 4.98 Å². The van der Waals surface area contributed by atoms with Crippen LogP contribution in [0.3, 0.4) is 0 Å². The van der Waals surface area contributed by atoms with Crippen molar-refractivity contribution in [2.45, 2.75) is 38.0 Å². The molecule has 0 spiro atoms. The Bertz CT molecular complexity index is 396. The summed E-state index contributed by atoms with van der Waals surface area (Å²) in [5.74, 6) is 0.374. The lowest BCUT2D eigenvalue weighted by Crippen LogP contribution is -2.36. The highest BCUT2D eigenvalue weighted by molar-refractivity contribution is 5.42. The number of nitrogens with zero attached hydrogens (tertiary/aromatic N) is 2. The van der Waals surface area contributed by atoms with Crippen molar-refractivity contribution in [3.05, 3.63) is 23.9 Å². The molecule has 0 radical (unpaired) electrons. The number of rotatable bonds is 4. The van der Waals surface area contributed by atoms with Gasteiger partial charge in [0.2, 0.25) is 0 Å². The summed E-state index contributed by atoms with van der Waals surface area (Å²) in [6.45, 7) is 0.868. The molecule has 1 unspecified atom stereocenters. The second kappa shape index (κ2) is 4.76. The number of anilines is 1. The molecule has 0 saturated heterocycles. The molecular formula is C12H16F3N3. The standard InChI is InChI=1S/C12H16F3N3/c1-8(16)9-2-5-11(17-6-9)18(10-3-4-10)7-12(13,14)15/h2,5-6,8,10H,3-4,7,16H2,1H3. The summed E-state index contributed by atoms with van der Waals surface area (Å²) in [5, 5.41) is 0. The van der Waals surface area contributed by atoms with Crippen LogP contribution in [0.2, 0.25) is 0 Å². The van der Waals surface area contributed by atoms with Crippen LogP contribution in [0.4, 0.5) is 19.0 Å². The third kappa shape index (κ3) is 3.35. The molecule has 1 saturated carbocycles. The highest BCUT2D eigenvalue weighted by Gasteiger charge is 2.38. The van der Waals surface area contributed by atoms with Gasteiger partial charge in [-0.15, -0.1) is 0 Å². The molecule has 1 atom stereocenters. The number of alkyl halides is 3. The number of nitrogens with two attached hydrogens (primary N) is 1. The van der Waals surface area contributed by atoms with Crippen LogP contribution in [0.5, 0.6) is 0 Å². The lowest BCUT2D eigenvalue weighted by molar-refractivity contribution is -0.120. The Morgan fingerprint density at radius 3 is 2.50 bits per heavy atom. The lowest BCUT2D eigenvalue weighted by Gasteiger charge is -2.25. The molecule has 100 valence electrons. The van der Waals surface area contributed by atoms with E-state index < -0.39 is 12.7 Å². The largest absolute Gasteiger partial charge is 0.405 e. The lowest BCUT2D eigenvalue weighted by atomic mass is 10.1. The van der Waals surface area contributed by atoms with Crippen molar-refractivity contribution in [1.82, 2.24) is 4.98 Å². The summed E-state index contributed by atoms with van der Waals surface area (Å²) in [4.78, 5) is 5.42. The van der Waals surface area contributed by atoms with Gasteiger partial charge in [0.25, 0.3) is 0 Å². The molecule has 6 heteroatoms. The van der Waals surface area contributed by atoms with Crippen LogP contribution in [-0.4, -0.2) is 23.7 Å². The maximum Gasteiger partial charge on any atom is 0.405 e. The molecule has 0 bridgehead atoms. The van der Waals surface area contributed by atoms with Crippen LogP contribution in [0.15, 0.2) is 18.3 Å². The molecule has 1 aromatic rings. The summed E-state index contributed by atoms with van der Waals surface area (Å²) in [7, 11) is 0. The smallest absolute Gasteiger partial charge is 0.345 e. The number of hydrogen-bond acceptors (Lipinski definition) is 3. The van der Waals surface area contributed by atoms with Gasteiger partial charge in [-0.3, -0.25) is 0 Å². The van der Waals surface area contributed by atoms with Gasteiger partial charge in [-0.05, 0) is 31.4 Å². The Morgan fingerprint density at radius 2 is 2.11 bits per heavy atom. The van der Waals surface area contributed by atoms with Gasteiger partial charge in [0.1, 0.15) is 12.4 Å². The van der Waals surface area contributed by atoms with Crippen LogP contribution in [0, 0.1) is 0 Å². The second-order valence-electron chi connectivity index (χ2n) is 4.71. The summed E-state index contributed by atoms with van der Waals surface area (Å²) in [6, 6.07) is 3.16. The van der Waals surface area contributed by atoms with Gasteiger partial charge in [0.15, 0.2) is 0 Å². The monoisotopic (exact) mass is 259 g/mol. The molecule has 1 fully saturated rings. The average molecular weight is 259 g/mol. The Labute approximate surface area is 104 Å². The summed E-state index contributed by atoms with van der Waals surface area (Å²) in [6.07, 6.45) is -1.06. The number of pyridine rings is 1. The maximum atomic E-state index is 12.5. The van der Waals surface area contributed by atoms with Crippen molar-refractivity contribution in [3.8, 4) is 0 Å². The minimum absolute atomic E-state index is 0.0275. The first-order valence-corrected chi connectivity index (χ1v) is 5.92. The summed E-state index contributed by atoms with van der Waals surface area (Å²) >= 11 is 0.